The maximum absolute atomic E-state index is 10.8. The molecule has 0 aliphatic carbocycles. The van der Waals surface area contributed by atoms with Crippen molar-refractivity contribution in [2.75, 3.05) is 0 Å². The molecule has 1 N–H and O–H groups in total. The van der Waals surface area contributed by atoms with Crippen LogP contribution in [0.5, 0.6) is 5.75 Å². The molecule has 112 valence electrons. The van der Waals surface area contributed by atoms with Crippen LogP contribution in [0.25, 0.3) is 0 Å². The minimum atomic E-state index is -1.82. The van der Waals surface area contributed by atoms with E-state index in [0.29, 0.717) is 6.42 Å². The van der Waals surface area contributed by atoms with Crippen LogP contribution in [0.15, 0.2) is 24.3 Å². The molecular formula is C15H23BrO3Si. The number of alkyl halides is 1. The van der Waals surface area contributed by atoms with Gasteiger partial charge in [-0.3, -0.25) is 4.79 Å². The van der Waals surface area contributed by atoms with E-state index in [-0.39, 0.29) is 5.04 Å². The molecular weight excluding hydrogens is 336 g/mol. The summed E-state index contributed by atoms with van der Waals surface area (Å²) in [6, 6.07) is 7.72. The number of rotatable bonds is 5. The van der Waals surface area contributed by atoms with E-state index < -0.39 is 19.1 Å². The van der Waals surface area contributed by atoms with Gasteiger partial charge in [0, 0.05) is 0 Å². The van der Waals surface area contributed by atoms with Crippen LogP contribution in [0.4, 0.5) is 0 Å². The molecule has 5 heteroatoms. The third kappa shape index (κ3) is 4.63. The summed E-state index contributed by atoms with van der Waals surface area (Å²) in [5.41, 5.74) is 0.983. The van der Waals surface area contributed by atoms with Crippen LogP contribution in [-0.2, 0) is 11.2 Å². The molecule has 3 nitrogen and oxygen atoms in total. The Hall–Kier alpha value is -0.813. The van der Waals surface area contributed by atoms with Crippen LogP contribution >= 0.6 is 15.9 Å². The van der Waals surface area contributed by atoms with Crippen molar-refractivity contribution in [2.45, 2.75) is 50.2 Å². The second kappa shape index (κ2) is 6.31. The van der Waals surface area contributed by atoms with Crippen LogP contribution in [0.3, 0.4) is 0 Å². The average Bonchev–Trinajstić information content (AvgIpc) is 2.29. The van der Waals surface area contributed by atoms with Gasteiger partial charge in [0.25, 0.3) is 0 Å². The number of hydrogen-bond donors (Lipinski definition) is 1. The van der Waals surface area contributed by atoms with Crippen molar-refractivity contribution in [3.05, 3.63) is 29.8 Å². The molecule has 0 heterocycles. The van der Waals surface area contributed by atoms with Crippen LogP contribution in [0, 0.1) is 0 Å². The molecule has 0 saturated carbocycles. The van der Waals surface area contributed by atoms with Gasteiger partial charge in [-0.2, -0.15) is 0 Å². The predicted octanol–water partition coefficient (Wildman–Crippen LogP) is 4.46. The van der Waals surface area contributed by atoms with Gasteiger partial charge in [0.15, 0.2) is 0 Å². The van der Waals surface area contributed by atoms with Gasteiger partial charge < -0.3 is 9.53 Å². The fourth-order valence-electron chi connectivity index (χ4n) is 1.44. The smallest absolute Gasteiger partial charge is 0.317 e. The Balaban J connectivity index is 2.75. The lowest BCUT2D eigenvalue weighted by molar-refractivity contribution is -0.136. The summed E-state index contributed by atoms with van der Waals surface area (Å²) in [4.78, 5) is 10.3. The summed E-state index contributed by atoms with van der Waals surface area (Å²) in [6.07, 6.45) is 0.468. The van der Waals surface area contributed by atoms with E-state index in [9.17, 15) is 4.79 Å². The first-order valence-corrected chi connectivity index (χ1v) is 10.5. The minimum absolute atomic E-state index is 0.163. The maximum atomic E-state index is 10.8. The molecule has 20 heavy (non-hydrogen) atoms. The first kappa shape index (κ1) is 17.2. The molecule has 0 radical (unpaired) electrons. The van der Waals surface area contributed by atoms with E-state index in [1.54, 1.807) is 0 Å². The molecule has 0 amide bonds. The number of carboxylic acids is 1. The molecule has 1 atom stereocenters. The van der Waals surface area contributed by atoms with Gasteiger partial charge in [-0.05, 0) is 42.2 Å². The van der Waals surface area contributed by atoms with Crippen LogP contribution < -0.4 is 4.43 Å². The van der Waals surface area contributed by atoms with Crippen LogP contribution in [0.1, 0.15) is 26.3 Å². The molecule has 0 spiro atoms. The van der Waals surface area contributed by atoms with Gasteiger partial charge in [-0.15, -0.1) is 0 Å². The molecule has 0 fully saturated rings. The molecule has 0 aromatic heterocycles. The van der Waals surface area contributed by atoms with E-state index >= 15 is 0 Å². The molecule has 0 aliphatic rings. The van der Waals surface area contributed by atoms with Gasteiger partial charge in [0.2, 0.25) is 8.32 Å². The second-order valence-corrected chi connectivity index (χ2v) is 12.3. The summed E-state index contributed by atoms with van der Waals surface area (Å²) in [5, 5.41) is 9.04. The molecule has 1 aromatic rings. The van der Waals surface area contributed by atoms with Crippen molar-refractivity contribution in [2.24, 2.45) is 0 Å². The maximum Gasteiger partial charge on any atom is 0.317 e. The quantitative estimate of drug-likeness (QED) is 0.624. The standard InChI is InChI=1S/C15H23BrO3Si/c1-15(2,3)20(4,5)19-12-8-6-11(7-9-12)10-13(16)14(17)18/h6-9,13H,10H2,1-5H3,(H,17,18). The topological polar surface area (TPSA) is 46.5 Å². The van der Waals surface area contributed by atoms with Crippen molar-refractivity contribution >= 4 is 30.2 Å². The van der Waals surface area contributed by atoms with E-state index in [2.05, 4.69) is 49.8 Å². The SMILES string of the molecule is CC(C)(C)[Si](C)(C)Oc1ccc(CC(Br)C(=O)O)cc1. The summed E-state index contributed by atoms with van der Waals surface area (Å²) < 4.78 is 6.18. The van der Waals surface area contributed by atoms with Gasteiger partial charge in [-0.25, -0.2) is 0 Å². The number of carbonyl (C=O) groups is 1. The average molecular weight is 359 g/mol. The summed E-state index contributed by atoms with van der Waals surface area (Å²) in [6.45, 7) is 11.0. The Morgan fingerprint density at radius 1 is 1.30 bits per heavy atom. The van der Waals surface area contributed by atoms with Crippen LogP contribution in [0.2, 0.25) is 18.1 Å². The zero-order valence-electron chi connectivity index (χ0n) is 12.7. The Morgan fingerprint density at radius 3 is 2.20 bits per heavy atom. The minimum Gasteiger partial charge on any atom is -0.544 e. The van der Waals surface area contributed by atoms with E-state index in [0.717, 1.165) is 11.3 Å². The second-order valence-electron chi connectivity index (χ2n) is 6.52. The fourth-order valence-corrected chi connectivity index (χ4v) is 2.84. The van der Waals surface area contributed by atoms with Crippen molar-refractivity contribution in [3.8, 4) is 5.75 Å². The molecule has 1 rings (SSSR count). The van der Waals surface area contributed by atoms with Crippen molar-refractivity contribution in [3.63, 3.8) is 0 Å². The lowest BCUT2D eigenvalue weighted by Gasteiger charge is -2.36. The van der Waals surface area contributed by atoms with Crippen molar-refractivity contribution in [1.82, 2.24) is 0 Å². The summed E-state index contributed by atoms with van der Waals surface area (Å²) in [5.74, 6) is 0.0217. The van der Waals surface area contributed by atoms with E-state index in [1.165, 1.54) is 0 Å². The molecule has 1 unspecified atom stereocenters. The zero-order valence-corrected chi connectivity index (χ0v) is 15.3. The molecule has 0 bridgehead atoms. The van der Waals surface area contributed by atoms with E-state index in [1.807, 2.05) is 24.3 Å². The Morgan fingerprint density at radius 2 is 1.80 bits per heavy atom. The van der Waals surface area contributed by atoms with Crippen LogP contribution in [-0.4, -0.2) is 24.2 Å². The third-order valence-corrected chi connectivity index (χ3v) is 8.86. The molecule has 0 aliphatic heterocycles. The molecule has 1 aromatic carbocycles. The number of aliphatic carboxylic acids is 1. The first-order chi connectivity index (χ1) is 9.03. The Kier molecular flexibility index (Phi) is 5.44. The highest BCUT2D eigenvalue weighted by Crippen LogP contribution is 2.37. The predicted molar refractivity (Wildman–Crippen MR) is 88.3 cm³/mol. The number of hydrogen-bond acceptors (Lipinski definition) is 2. The third-order valence-electron chi connectivity index (χ3n) is 3.79. The Labute approximate surface area is 130 Å². The lowest BCUT2D eigenvalue weighted by Crippen LogP contribution is -2.43. The summed E-state index contributed by atoms with van der Waals surface area (Å²) >= 11 is 3.15. The highest BCUT2D eigenvalue weighted by Gasteiger charge is 2.38. The largest absolute Gasteiger partial charge is 0.544 e. The number of halogens is 1. The highest BCUT2D eigenvalue weighted by atomic mass is 79.9. The van der Waals surface area contributed by atoms with E-state index in [4.69, 9.17) is 9.53 Å². The first-order valence-electron chi connectivity index (χ1n) is 6.68. The summed E-state index contributed by atoms with van der Waals surface area (Å²) in [7, 11) is -1.82. The Bertz CT molecular complexity index is 463. The zero-order chi connectivity index (χ0) is 15.6. The van der Waals surface area contributed by atoms with Gasteiger partial charge in [-0.1, -0.05) is 48.8 Å². The van der Waals surface area contributed by atoms with Crippen molar-refractivity contribution in [1.29, 1.82) is 0 Å². The highest BCUT2D eigenvalue weighted by molar-refractivity contribution is 9.10. The van der Waals surface area contributed by atoms with Crippen molar-refractivity contribution < 1.29 is 14.3 Å². The monoisotopic (exact) mass is 358 g/mol. The normalized spacial score (nSPS) is 13.9. The van der Waals surface area contributed by atoms with Gasteiger partial charge in [0.05, 0.1) is 0 Å². The lowest BCUT2D eigenvalue weighted by atomic mass is 10.1. The molecule has 0 saturated heterocycles. The number of benzene rings is 1. The number of carboxylic acid groups (broad SMARTS) is 1. The van der Waals surface area contributed by atoms with Gasteiger partial charge in [0.1, 0.15) is 10.6 Å². The van der Waals surface area contributed by atoms with Gasteiger partial charge >= 0.3 is 5.97 Å². The fraction of sp³-hybridized carbons (Fsp3) is 0.533.